The Labute approximate surface area is 131 Å². The monoisotopic (exact) mass is 301 g/mol. The molecule has 1 aliphatic heterocycles. The van der Waals surface area contributed by atoms with E-state index in [-0.39, 0.29) is 12.5 Å². The zero-order valence-electron chi connectivity index (χ0n) is 13.2. The van der Waals surface area contributed by atoms with Crippen LogP contribution in [0.5, 0.6) is 5.75 Å². The first kappa shape index (κ1) is 16.3. The molecule has 1 atom stereocenters. The number of nitriles is 1. The molecule has 118 valence electrons. The van der Waals surface area contributed by atoms with Crippen LogP contribution < -0.4 is 10.1 Å². The van der Waals surface area contributed by atoms with Crippen LogP contribution in [-0.2, 0) is 4.79 Å². The molecule has 1 heterocycles. The number of carbonyl (C=O) groups excluding carboxylic acids is 1. The number of hydrogen-bond donors (Lipinski definition) is 1. The van der Waals surface area contributed by atoms with E-state index in [0.717, 1.165) is 19.5 Å². The molecule has 1 aliphatic rings. The number of ether oxygens (including phenoxy) is 1. The van der Waals surface area contributed by atoms with E-state index < -0.39 is 0 Å². The number of likely N-dealkylation sites (tertiary alicyclic amines) is 1. The second-order valence-electron chi connectivity index (χ2n) is 5.97. The number of nitrogens with one attached hydrogen (secondary N) is 1. The highest BCUT2D eigenvalue weighted by molar-refractivity contribution is 5.77. The lowest BCUT2D eigenvalue weighted by molar-refractivity contribution is -0.123. The fraction of sp³-hybridized carbons (Fsp3) is 0.529. The van der Waals surface area contributed by atoms with E-state index in [0.29, 0.717) is 29.8 Å². The van der Waals surface area contributed by atoms with Gasteiger partial charge in [0.05, 0.1) is 11.6 Å². The fourth-order valence-electron chi connectivity index (χ4n) is 2.58. The Bertz CT molecular complexity index is 534. The van der Waals surface area contributed by atoms with Crippen LogP contribution in [0.25, 0.3) is 0 Å². The van der Waals surface area contributed by atoms with Gasteiger partial charge in [-0.05, 0) is 57.0 Å². The second-order valence-corrected chi connectivity index (χ2v) is 5.97. The van der Waals surface area contributed by atoms with E-state index in [4.69, 9.17) is 10.00 Å². The van der Waals surface area contributed by atoms with Crippen LogP contribution in [0.4, 0.5) is 0 Å². The van der Waals surface area contributed by atoms with Crippen molar-refractivity contribution >= 4 is 5.91 Å². The highest BCUT2D eigenvalue weighted by Gasteiger charge is 2.24. The molecular weight excluding hydrogens is 278 g/mol. The predicted molar refractivity (Wildman–Crippen MR) is 84.5 cm³/mol. The Hall–Kier alpha value is -2.06. The third-order valence-electron chi connectivity index (χ3n) is 3.99. The Morgan fingerprint density at radius 3 is 2.77 bits per heavy atom. The first-order chi connectivity index (χ1) is 10.6. The van der Waals surface area contributed by atoms with Gasteiger partial charge in [0.25, 0.3) is 5.91 Å². The minimum atomic E-state index is -0.104. The van der Waals surface area contributed by atoms with Crippen LogP contribution in [0.2, 0.25) is 0 Å². The molecule has 1 aromatic rings. The topological polar surface area (TPSA) is 65.4 Å². The Kier molecular flexibility index (Phi) is 5.79. The second kappa shape index (κ2) is 7.81. The van der Waals surface area contributed by atoms with Crippen molar-refractivity contribution in [3.05, 3.63) is 29.8 Å². The Morgan fingerprint density at radius 1 is 1.45 bits per heavy atom. The third-order valence-corrected chi connectivity index (χ3v) is 3.99. The molecule has 0 spiro atoms. The fourth-order valence-corrected chi connectivity index (χ4v) is 2.58. The number of hydrogen-bond acceptors (Lipinski definition) is 4. The maximum absolute atomic E-state index is 11.8. The smallest absolute Gasteiger partial charge is 0.257 e. The van der Waals surface area contributed by atoms with Gasteiger partial charge in [0.15, 0.2) is 6.61 Å². The van der Waals surface area contributed by atoms with Crippen LogP contribution in [0.3, 0.4) is 0 Å². The van der Waals surface area contributed by atoms with Gasteiger partial charge in [0.1, 0.15) is 5.75 Å². The number of rotatable bonds is 6. The van der Waals surface area contributed by atoms with E-state index in [2.05, 4.69) is 24.1 Å². The zero-order valence-corrected chi connectivity index (χ0v) is 13.2. The summed E-state index contributed by atoms with van der Waals surface area (Å²) < 4.78 is 5.41. The molecule has 0 saturated carbocycles. The minimum absolute atomic E-state index is 0.00646. The van der Waals surface area contributed by atoms with Crippen LogP contribution in [0, 0.1) is 17.2 Å². The summed E-state index contributed by atoms with van der Waals surface area (Å²) in [6.07, 6.45) is 1.13. The number of carbonyl (C=O) groups is 1. The molecule has 1 saturated heterocycles. The summed E-state index contributed by atoms with van der Waals surface area (Å²) >= 11 is 0. The van der Waals surface area contributed by atoms with Gasteiger partial charge in [-0.1, -0.05) is 0 Å². The quantitative estimate of drug-likeness (QED) is 0.870. The van der Waals surface area contributed by atoms with E-state index in [1.54, 1.807) is 24.3 Å². The molecule has 0 aromatic heterocycles. The Morgan fingerprint density at radius 2 is 2.18 bits per heavy atom. The molecule has 1 amide bonds. The molecule has 5 nitrogen and oxygen atoms in total. The lowest BCUT2D eigenvalue weighted by atomic mass is 10.1. The summed E-state index contributed by atoms with van der Waals surface area (Å²) in [5.74, 6) is 1.02. The van der Waals surface area contributed by atoms with Crippen LogP contribution >= 0.6 is 0 Å². The third kappa shape index (κ3) is 4.74. The maximum Gasteiger partial charge on any atom is 0.257 e. The first-order valence-corrected chi connectivity index (χ1v) is 7.72. The minimum Gasteiger partial charge on any atom is -0.484 e. The van der Waals surface area contributed by atoms with Crippen molar-refractivity contribution in [2.45, 2.75) is 26.3 Å². The van der Waals surface area contributed by atoms with Crippen LogP contribution in [0.1, 0.15) is 25.8 Å². The summed E-state index contributed by atoms with van der Waals surface area (Å²) in [6, 6.07) is 9.35. The molecule has 22 heavy (non-hydrogen) atoms. The van der Waals surface area contributed by atoms with Crippen LogP contribution in [0.15, 0.2) is 24.3 Å². The van der Waals surface area contributed by atoms with E-state index in [1.807, 2.05) is 6.07 Å². The van der Waals surface area contributed by atoms with Gasteiger partial charge >= 0.3 is 0 Å². The van der Waals surface area contributed by atoms with Crippen molar-refractivity contribution in [1.29, 1.82) is 5.26 Å². The highest BCUT2D eigenvalue weighted by Crippen LogP contribution is 2.17. The van der Waals surface area contributed by atoms with Gasteiger partial charge in [-0.3, -0.25) is 4.79 Å². The average molecular weight is 301 g/mol. The molecule has 0 radical (unpaired) electrons. The van der Waals surface area contributed by atoms with Gasteiger partial charge in [0, 0.05) is 19.1 Å². The maximum atomic E-state index is 11.8. The molecule has 0 aliphatic carbocycles. The van der Waals surface area contributed by atoms with Gasteiger partial charge in [-0.2, -0.15) is 5.26 Å². The standard InChI is InChI=1S/C17H23N3O2/c1-13(2)20-8-7-15(11-20)10-19-17(21)12-22-16-5-3-14(9-18)4-6-16/h3-6,13,15H,7-8,10-12H2,1-2H3,(H,19,21). The van der Waals surface area contributed by atoms with Crippen molar-refractivity contribution in [3.8, 4) is 11.8 Å². The molecular formula is C17H23N3O2. The lowest BCUT2D eigenvalue weighted by Crippen LogP contribution is -2.35. The molecule has 1 N–H and O–H groups in total. The van der Waals surface area contributed by atoms with Crippen molar-refractivity contribution in [1.82, 2.24) is 10.2 Å². The molecule has 1 aromatic carbocycles. The van der Waals surface area contributed by atoms with Gasteiger partial charge < -0.3 is 15.0 Å². The first-order valence-electron chi connectivity index (χ1n) is 7.72. The van der Waals surface area contributed by atoms with Crippen molar-refractivity contribution in [3.63, 3.8) is 0 Å². The van der Waals surface area contributed by atoms with Gasteiger partial charge in [-0.15, -0.1) is 0 Å². The van der Waals surface area contributed by atoms with Crippen molar-refractivity contribution in [2.75, 3.05) is 26.2 Å². The average Bonchev–Trinajstić information content (AvgIpc) is 3.00. The predicted octanol–water partition coefficient (Wildman–Crippen LogP) is 1.78. The van der Waals surface area contributed by atoms with Crippen LogP contribution in [-0.4, -0.2) is 43.1 Å². The molecule has 1 fully saturated rings. The van der Waals surface area contributed by atoms with E-state index in [9.17, 15) is 4.79 Å². The van der Waals surface area contributed by atoms with Crippen molar-refractivity contribution in [2.24, 2.45) is 5.92 Å². The molecule has 0 bridgehead atoms. The number of benzene rings is 1. The van der Waals surface area contributed by atoms with Gasteiger partial charge in [0.2, 0.25) is 0 Å². The summed E-state index contributed by atoms with van der Waals surface area (Å²) in [6.45, 7) is 7.28. The summed E-state index contributed by atoms with van der Waals surface area (Å²) in [4.78, 5) is 14.2. The number of amides is 1. The zero-order chi connectivity index (χ0) is 15.9. The van der Waals surface area contributed by atoms with Crippen molar-refractivity contribution < 1.29 is 9.53 Å². The van der Waals surface area contributed by atoms with E-state index >= 15 is 0 Å². The summed E-state index contributed by atoms with van der Waals surface area (Å²) in [5.41, 5.74) is 0.577. The number of nitrogens with zero attached hydrogens (tertiary/aromatic N) is 2. The van der Waals surface area contributed by atoms with E-state index in [1.165, 1.54) is 0 Å². The molecule has 1 unspecified atom stereocenters. The summed E-state index contributed by atoms with van der Waals surface area (Å²) in [7, 11) is 0. The van der Waals surface area contributed by atoms with Gasteiger partial charge in [-0.25, -0.2) is 0 Å². The molecule has 5 heteroatoms. The normalized spacial score (nSPS) is 18.2. The lowest BCUT2D eigenvalue weighted by Gasteiger charge is -2.20. The highest BCUT2D eigenvalue weighted by atomic mass is 16.5. The SMILES string of the molecule is CC(C)N1CCC(CNC(=O)COc2ccc(C#N)cc2)C1. The molecule has 2 rings (SSSR count). The summed E-state index contributed by atoms with van der Waals surface area (Å²) in [5, 5.41) is 11.6. The largest absolute Gasteiger partial charge is 0.484 e. The Balaban J connectivity index is 1.67.